The molecule has 0 radical (unpaired) electrons. The number of methoxy groups -OCH3 is 1. The summed E-state index contributed by atoms with van der Waals surface area (Å²) in [6.07, 6.45) is 3.63. The summed E-state index contributed by atoms with van der Waals surface area (Å²) < 4.78 is 7.54. The molecule has 3 rings (SSSR count). The van der Waals surface area contributed by atoms with Gasteiger partial charge in [0.2, 0.25) is 0 Å². The summed E-state index contributed by atoms with van der Waals surface area (Å²) in [5, 5.41) is 15.1. The SMILES string of the molecule is CCc1nncn1CCNC(=NCc1ccccc1OC)NCCCN(C)c1ccccc1. The third kappa shape index (κ3) is 7.52. The first-order chi connectivity index (χ1) is 16.2. The molecule has 0 amide bonds. The lowest BCUT2D eigenvalue weighted by Crippen LogP contribution is -2.40. The number of aromatic nitrogens is 3. The predicted molar refractivity (Wildman–Crippen MR) is 134 cm³/mol. The Morgan fingerprint density at radius 2 is 1.82 bits per heavy atom. The zero-order valence-electron chi connectivity index (χ0n) is 19.9. The van der Waals surface area contributed by atoms with Gasteiger partial charge in [-0.3, -0.25) is 0 Å². The van der Waals surface area contributed by atoms with Crippen LogP contribution in [0.2, 0.25) is 0 Å². The maximum absolute atomic E-state index is 5.47. The number of benzene rings is 2. The van der Waals surface area contributed by atoms with E-state index in [-0.39, 0.29) is 0 Å². The van der Waals surface area contributed by atoms with Crippen molar-refractivity contribution < 1.29 is 4.74 Å². The summed E-state index contributed by atoms with van der Waals surface area (Å²) in [7, 11) is 3.81. The van der Waals surface area contributed by atoms with Crippen LogP contribution in [0, 0.1) is 0 Å². The van der Waals surface area contributed by atoms with Crippen molar-refractivity contribution in [2.75, 3.05) is 38.7 Å². The Balaban J connectivity index is 1.55. The number of nitrogens with zero attached hydrogens (tertiary/aromatic N) is 5. The molecule has 0 aliphatic heterocycles. The van der Waals surface area contributed by atoms with Crippen LogP contribution in [0.15, 0.2) is 65.9 Å². The molecule has 8 heteroatoms. The zero-order valence-corrected chi connectivity index (χ0v) is 19.9. The van der Waals surface area contributed by atoms with Crippen LogP contribution >= 0.6 is 0 Å². The summed E-state index contributed by atoms with van der Waals surface area (Å²) in [6.45, 7) is 5.91. The van der Waals surface area contributed by atoms with Gasteiger partial charge in [0.15, 0.2) is 5.96 Å². The lowest BCUT2D eigenvalue weighted by atomic mass is 10.2. The minimum Gasteiger partial charge on any atom is -0.496 e. The number of aryl methyl sites for hydroxylation is 1. The lowest BCUT2D eigenvalue weighted by molar-refractivity contribution is 0.410. The molecule has 0 saturated heterocycles. The molecule has 0 aliphatic carbocycles. The molecule has 2 N–H and O–H groups in total. The van der Waals surface area contributed by atoms with Gasteiger partial charge >= 0.3 is 0 Å². The minimum atomic E-state index is 0.538. The van der Waals surface area contributed by atoms with Crippen molar-refractivity contribution in [1.29, 1.82) is 0 Å². The largest absolute Gasteiger partial charge is 0.496 e. The van der Waals surface area contributed by atoms with E-state index in [1.807, 2.05) is 30.3 Å². The minimum absolute atomic E-state index is 0.538. The van der Waals surface area contributed by atoms with Crippen LogP contribution < -0.4 is 20.3 Å². The molecule has 0 saturated carbocycles. The van der Waals surface area contributed by atoms with Crippen LogP contribution in [0.4, 0.5) is 5.69 Å². The molecular formula is C25H35N7O. The zero-order chi connectivity index (χ0) is 23.3. The Kier molecular flexibility index (Phi) is 9.57. The van der Waals surface area contributed by atoms with Crippen LogP contribution in [0.3, 0.4) is 0 Å². The maximum atomic E-state index is 5.47. The van der Waals surface area contributed by atoms with E-state index in [0.29, 0.717) is 6.54 Å². The molecule has 1 aromatic heterocycles. The number of guanidine groups is 1. The molecule has 8 nitrogen and oxygen atoms in total. The highest BCUT2D eigenvalue weighted by Gasteiger charge is 2.05. The molecular weight excluding hydrogens is 414 g/mol. The number of nitrogens with one attached hydrogen (secondary N) is 2. The highest BCUT2D eigenvalue weighted by molar-refractivity contribution is 5.79. The van der Waals surface area contributed by atoms with Crippen LogP contribution in [-0.2, 0) is 19.5 Å². The normalized spacial score (nSPS) is 11.3. The lowest BCUT2D eigenvalue weighted by Gasteiger charge is -2.20. The number of anilines is 1. The van der Waals surface area contributed by atoms with E-state index in [9.17, 15) is 0 Å². The van der Waals surface area contributed by atoms with Crippen LogP contribution in [0.1, 0.15) is 24.7 Å². The second kappa shape index (κ2) is 13.1. The van der Waals surface area contributed by atoms with Gasteiger partial charge in [0.05, 0.1) is 13.7 Å². The number of rotatable bonds is 12. The molecule has 0 aliphatic rings. The highest BCUT2D eigenvalue weighted by Crippen LogP contribution is 2.17. The van der Waals surface area contributed by atoms with Gasteiger partial charge in [-0.2, -0.15) is 0 Å². The van der Waals surface area contributed by atoms with E-state index < -0.39 is 0 Å². The molecule has 0 atom stereocenters. The third-order valence-electron chi connectivity index (χ3n) is 5.42. The second-order valence-corrected chi connectivity index (χ2v) is 7.74. The summed E-state index contributed by atoms with van der Waals surface area (Å²) in [5.74, 6) is 2.62. The van der Waals surface area contributed by atoms with Gasteiger partial charge in [0.1, 0.15) is 17.9 Å². The summed E-state index contributed by atoms with van der Waals surface area (Å²) in [4.78, 5) is 7.06. The van der Waals surface area contributed by atoms with Gasteiger partial charge in [-0.25, -0.2) is 4.99 Å². The van der Waals surface area contributed by atoms with E-state index in [1.54, 1.807) is 13.4 Å². The van der Waals surface area contributed by atoms with Gasteiger partial charge in [-0.1, -0.05) is 43.3 Å². The van der Waals surface area contributed by atoms with Crippen LogP contribution in [0.25, 0.3) is 0 Å². The fourth-order valence-corrected chi connectivity index (χ4v) is 3.54. The Morgan fingerprint density at radius 3 is 2.61 bits per heavy atom. The molecule has 0 unspecified atom stereocenters. The summed E-state index contributed by atoms with van der Waals surface area (Å²) in [6, 6.07) is 18.4. The number of ether oxygens (including phenoxy) is 1. The first-order valence-electron chi connectivity index (χ1n) is 11.5. The molecule has 0 spiro atoms. The maximum Gasteiger partial charge on any atom is 0.191 e. The molecule has 0 bridgehead atoms. The second-order valence-electron chi connectivity index (χ2n) is 7.74. The average molecular weight is 450 g/mol. The topological polar surface area (TPSA) is 79.6 Å². The summed E-state index contributed by atoms with van der Waals surface area (Å²) >= 11 is 0. The van der Waals surface area contributed by atoms with Gasteiger partial charge in [-0.15, -0.1) is 10.2 Å². The molecule has 0 fully saturated rings. The van der Waals surface area contributed by atoms with Gasteiger partial charge in [0.25, 0.3) is 0 Å². The van der Waals surface area contributed by atoms with Crippen molar-refractivity contribution in [3.05, 3.63) is 72.3 Å². The van der Waals surface area contributed by atoms with E-state index in [4.69, 9.17) is 9.73 Å². The first kappa shape index (κ1) is 24.1. The van der Waals surface area contributed by atoms with Crippen LogP contribution in [-0.4, -0.2) is 54.5 Å². The Morgan fingerprint density at radius 1 is 1.06 bits per heavy atom. The van der Waals surface area contributed by atoms with Gasteiger partial charge in [0, 0.05) is 50.9 Å². The molecule has 1 heterocycles. The first-order valence-corrected chi connectivity index (χ1v) is 11.5. The monoisotopic (exact) mass is 449 g/mol. The van der Waals surface area contributed by atoms with E-state index in [1.165, 1.54) is 5.69 Å². The van der Waals surface area contributed by atoms with E-state index in [0.717, 1.165) is 62.1 Å². The average Bonchev–Trinajstić information content (AvgIpc) is 3.32. The predicted octanol–water partition coefficient (Wildman–Crippen LogP) is 3.11. The fraction of sp³-hybridized carbons (Fsp3) is 0.400. The van der Waals surface area contributed by atoms with Gasteiger partial charge in [-0.05, 0) is 24.6 Å². The Bertz CT molecular complexity index is 987. The Hall–Kier alpha value is -3.55. The van der Waals surface area contributed by atoms with E-state index in [2.05, 4.69) is 68.5 Å². The smallest absolute Gasteiger partial charge is 0.191 e. The highest BCUT2D eigenvalue weighted by atomic mass is 16.5. The molecule has 176 valence electrons. The molecule has 3 aromatic rings. The van der Waals surface area contributed by atoms with Crippen molar-refractivity contribution >= 4 is 11.6 Å². The number of hydrogen-bond donors (Lipinski definition) is 2. The number of aliphatic imine (C=N–C) groups is 1. The van der Waals surface area contributed by atoms with Crippen molar-refractivity contribution in [2.45, 2.75) is 32.9 Å². The van der Waals surface area contributed by atoms with Crippen molar-refractivity contribution in [1.82, 2.24) is 25.4 Å². The molecule has 2 aromatic carbocycles. The van der Waals surface area contributed by atoms with Crippen LogP contribution in [0.5, 0.6) is 5.75 Å². The van der Waals surface area contributed by atoms with E-state index >= 15 is 0 Å². The number of para-hydroxylation sites is 2. The van der Waals surface area contributed by atoms with Gasteiger partial charge < -0.3 is 24.8 Å². The Labute approximate surface area is 196 Å². The van der Waals surface area contributed by atoms with Crippen molar-refractivity contribution in [3.63, 3.8) is 0 Å². The summed E-state index contributed by atoms with van der Waals surface area (Å²) in [5.41, 5.74) is 2.28. The standard InChI is InChI=1S/C25H35N7O/c1-4-24-30-29-20-32(24)18-16-27-25(28-19-21-11-8-9-14-23(21)33-3)26-15-10-17-31(2)22-12-6-5-7-13-22/h5-9,11-14,20H,4,10,15-19H2,1-3H3,(H2,26,27,28). The quantitative estimate of drug-likeness (QED) is 0.251. The number of hydrogen-bond acceptors (Lipinski definition) is 5. The van der Waals surface area contributed by atoms with Crippen molar-refractivity contribution in [3.8, 4) is 5.75 Å². The molecule has 33 heavy (non-hydrogen) atoms. The van der Waals surface area contributed by atoms with Crippen molar-refractivity contribution in [2.24, 2.45) is 4.99 Å². The third-order valence-corrected chi connectivity index (χ3v) is 5.42. The fourth-order valence-electron chi connectivity index (χ4n) is 3.54.